The van der Waals surface area contributed by atoms with Gasteiger partial charge in [0.15, 0.2) is 0 Å². The van der Waals surface area contributed by atoms with Crippen LogP contribution in [0, 0.1) is 5.92 Å². The molecule has 14 heteroatoms. The maximum Gasteiger partial charge on any atom is 0.246 e. The molecule has 3 aliphatic rings. The number of H-pyrrole nitrogens is 1. The Labute approximate surface area is 317 Å². The molecule has 1 saturated heterocycles. The highest BCUT2D eigenvalue weighted by molar-refractivity contribution is 5.95. The van der Waals surface area contributed by atoms with Crippen LogP contribution in [0.15, 0.2) is 54.7 Å². The van der Waals surface area contributed by atoms with Gasteiger partial charge in [0.25, 0.3) is 0 Å². The zero-order chi connectivity index (χ0) is 38.5. The number of carbonyl (C=O) groups excluding carboxylic acids is 5. The Morgan fingerprint density at radius 2 is 1.70 bits per heavy atom. The van der Waals surface area contributed by atoms with Gasteiger partial charge in [-0.15, -0.1) is 0 Å². The molecule has 0 aliphatic carbocycles. The van der Waals surface area contributed by atoms with E-state index >= 15 is 0 Å². The topological polar surface area (TPSA) is 174 Å². The number of aromatic nitrogens is 1. The number of ether oxygens (including phenoxy) is 2. The lowest BCUT2D eigenvalue weighted by atomic mass is 10.0. The number of nitrogens with zero attached hydrogens (tertiary/aromatic N) is 2. The minimum atomic E-state index is -1.11. The molecule has 3 atom stereocenters. The Hall–Kier alpha value is -4.95. The first-order chi connectivity index (χ1) is 26.1. The number of likely N-dealkylation sites (tertiary alicyclic amines) is 1. The van der Waals surface area contributed by atoms with Crippen LogP contribution in [0.3, 0.4) is 0 Å². The van der Waals surface area contributed by atoms with Gasteiger partial charge in [-0.2, -0.15) is 0 Å². The van der Waals surface area contributed by atoms with Gasteiger partial charge >= 0.3 is 0 Å². The first-order valence-electron chi connectivity index (χ1n) is 19.0. The number of para-hydroxylation sites is 1. The molecule has 3 aromatic rings. The molecular weight excluding hydrogens is 690 g/mol. The Balaban J connectivity index is 1.48. The molecule has 0 spiro atoms. The van der Waals surface area contributed by atoms with Crippen LogP contribution in [0.4, 0.5) is 0 Å². The third-order valence-corrected chi connectivity index (χ3v) is 9.94. The number of hydrogen-bond donors (Lipinski definition) is 5. The lowest BCUT2D eigenvalue weighted by Gasteiger charge is -2.30. The predicted molar refractivity (Wildman–Crippen MR) is 205 cm³/mol. The second kappa shape index (κ2) is 19.9. The van der Waals surface area contributed by atoms with Crippen molar-refractivity contribution in [3.63, 3.8) is 0 Å². The molecule has 1 aromatic heterocycles. The van der Waals surface area contributed by atoms with Gasteiger partial charge < -0.3 is 40.6 Å². The molecular formula is C40H55N7O7. The number of benzene rings is 2. The number of carbonyl (C=O) groups is 5. The van der Waals surface area contributed by atoms with E-state index in [9.17, 15) is 24.0 Å². The SMILES string of the molecule is COCCN1CC(=O)N[C@@H](C(C)C)C(=O)NCCOc2ccc(cc2)C[C@H](NC(=O)CN2CCCCCC2)C(=O)N[C@@H](Cc2c[nH]c3ccccc23)C1=O. The third kappa shape index (κ3) is 11.5. The van der Waals surface area contributed by atoms with E-state index in [-0.39, 0.29) is 70.0 Å². The summed E-state index contributed by atoms with van der Waals surface area (Å²) in [5.41, 5.74) is 2.44. The first-order valence-corrected chi connectivity index (χ1v) is 19.0. The Morgan fingerprint density at radius 1 is 0.963 bits per heavy atom. The summed E-state index contributed by atoms with van der Waals surface area (Å²) >= 11 is 0. The smallest absolute Gasteiger partial charge is 0.246 e. The van der Waals surface area contributed by atoms with Crippen LogP contribution in [0.5, 0.6) is 5.75 Å². The largest absolute Gasteiger partial charge is 0.492 e. The molecule has 2 aromatic carbocycles. The summed E-state index contributed by atoms with van der Waals surface area (Å²) in [4.78, 5) is 75.8. The fourth-order valence-electron chi connectivity index (χ4n) is 6.97. The standard InChI is InChI=1S/C40H55N7O7/c1-27(2)37-39(51)41-16-20-54-30-14-12-28(13-15-30)22-33(43-35(48)25-46-17-8-4-5-9-18-46)38(50)44-34(23-29-24-42-32-11-7-6-10-31(29)32)40(52)47(19-21-53-3)26-36(49)45-37/h6-7,10-15,24,27,33-34,37,42H,4-5,8-9,16-23,25-26H2,1-3H3,(H,41,51)(H,43,48)(H,44,50)(H,45,49)/t33-,34-,37-/m0/s1. The van der Waals surface area contributed by atoms with Gasteiger partial charge in [-0.3, -0.25) is 28.9 Å². The average Bonchev–Trinajstić information content (AvgIpc) is 3.38. The van der Waals surface area contributed by atoms with Crippen molar-refractivity contribution in [1.82, 2.24) is 36.1 Å². The number of fused-ring (bicyclic) bond motifs is 18. The molecule has 1 fully saturated rings. The summed E-state index contributed by atoms with van der Waals surface area (Å²) in [6.45, 7) is 5.67. The number of rotatable bonds is 9. The Bertz CT molecular complexity index is 1720. The van der Waals surface area contributed by atoms with Crippen LogP contribution < -0.4 is 26.0 Å². The van der Waals surface area contributed by atoms with E-state index < -0.39 is 35.8 Å². The van der Waals surface area contributed by atoms with Crippen LogP contribution >= 0.6 is 0 Å². The van der Waals surface area contributed by atoms with Crippen molar-refractivity contribution >= 4 is 40.4 Å². The number of hydrogen-bond acceptors (Lipinski definition) is 8. The maximum absolute atomic E-state index is 14.6. The van der Waals surface area contributed by atoms with Crippen molar-refractivity contribution in [2.75, 3.05) is 59.6 Å². The molecule has 6 rings (SSSR count). The molecule has 4 heterocycles. The summed E-state index contributed by atoms with van der Waals surface area (Å²) in [5, 5.41) is 12.5. The van der Waals surface area contributed by atoms with Crippen molar-refractivity contribution in [1.29, 1.82) is 0 Å². The maximum atomic E-state index is 14.6. The minimum absolute atomic E-state index is 0.0568. The summed E-state index contributed by atoms with van der Waals surface area (Å²) < 4.78 is 11.2. The van der Waals surface area contributed by atoms with E-state index in [2.05, 4.69) is 31.2 Å². The summed E-state index contributed by atoms with van der Waals surface area (Å²) in [5.74, 6) is -1.88. The number of aromatic amines is 1. The first kappa shape index (κ1) is 40.2. The van der Waals surface area contributed by atoms with E-state index in [4.69, 9.17) is 9.47 Å². The molecule has 2 bridgehead atoms. The Morgan fingerprint density at radius 3 is 2.43 bits per heavy atom. The second-order valence-electron chi connectivity index (χ2n) is 14.5. The van der Waals surface area contributed by atoms with E-state index in [0.29, 0.717) is 5.75 Å². The molecule has 5 amide bonds. The molecule has 292 valence electrons. The molecule has 54 heavy (non-hydrogen) atoms. The van der Waals surface area contributed by atoms with Crippen LogP contribution in [-0.4, -0.2) is 122 Å². The highest BCUT2D eigenvalue weighted by Gasteiger charge is 2.33. The number of nitrogens with one attached hydrogen (secondary N) is 5. The summed E-state index contributed by atoms with van der Waals surface area (Å²) in [6.07, 6.45) is 6.38. The van der Waals surface area contributed by atoms with Crippen LogP contribution in [0.25, 0.3) is 10.9 Å². The number of methoxy groups -OCH3 is 1. The Kier molecular flexibility index (Phi) is 14.9. The fraction of sp³-hybridized carbons (Fsp3) is 0.525. The van der Waals surface area contributed by atoms with Crippen molar-refractivity contribution in [3.05, 3.63) is 65.9 Å². The summed E-state index contributed by atoms with van der Waals surface area (Å²) in [7, 11) is 1.50. The van der Waals surface area contributed by atoms with E-state index in [1.54, 1.807) is 12.1 Å². The molecule has 14 nitrogen and oxygen atoms in total. The predicted octanol–water partition coefficient (Wildman–Crippen LogP) is 1.92. The third-order valence-electron chi connectivity index (χ3n) is 9.94. The summed E-state index contributed by atoms with van der Waals surface area (Å²) in [6, 6.07) is 11.9. The highest BCUT2D eigenvalue weighted by atomic mass is 16.5. The van der Waals surface area contributed by atoms with Crippen molar-refractivity contribution in [2.45, 2.75) is 70.5 Å². The van der Waals surface area contributed by atoms with Gasteiger partial charge in [-0.25, -0.2) is 0 Å². The fourth-order valence-corrected chi connectivity index (χ4v) is 6.97. The molecule has 0 unspecified atom stereocenters. The van der Waals surface area contributed by atoms with Gasteiger partial charge in [0, 0.05) is 43.6 Å². The van der Waals surface area contributed by atoms with Gasteiger partial charge in [-0.1, -0.05) is 57.0 Å². The van der Waals surface area contributed by atoms with Crippen molar-refractivity contribution < 1.29 is 33.4 Å². The lowest BCUT2D eigenvalue weighted by Crippen LogP contribution is -2.58. The lowest BCUT2D eigenvalue weighted by molar-refractivity contribution is -0.141. The molecule has 3 aliphatic heterocycles. The normalized spacial score (nSPS) is 21.6. The molecule has 0 radical (unpaired) electrons. The second-order valence-corrected chi connectivity index (χ2v) is 14.5. The highest BCUT2D eigenvalue weighted by Crippen LogP contribution is 2.21. The zero-order valence-corrected chi connectivity index (χ0v) is 31.7. The van der Waals surface area contributed by atoms with E-state index in [1.807, 2.05) is 56.4 Å². The average molecular weight is 746 g/mol. The van der Waals surface area contributed by atoms with Gasteiger partial charge in [0.05, 0.1) is 26.2 Å². The number of amides is 5. The molecule has 0 saturated carbocycles. The quantitative estimate of drug-likeness (QED) is 0.207. The van der Waals surface area contributed by atoms with Crippen molar-refractivity contribution in [2.24, 2.45) is 5.92 Å². The minimum Gasteiger partial charge on any atom is -0.492 e. The van der Waals surface area contributed by atoms with Crippen LogP contribution in [-0.2, 0) is 41.6 Å². The van der Waals surface area contributed by atoms with Gasteiger partial charge in [0.1, 0.15) is 30.5 Å². The van der Waals surface area contributed by atoms with Crippen molar-refractivity contribution in [3.8, 4) is 5.75 Å². The van der Waals surface area contributed by atoms with Gasteiger partial charge in [-0.05, 0) is 61.2 Å². The van der Waals surface area contributed by atoms with Crippen LogP contribution in [0.1, 0.15) is 50.7 Å². The van der Waals surface area contributed by atoms with Crippen LogP contribution in [0.2, 0.25) is 0 Å². The monoisotopic (exact) mass is 745 g/mol. The van der Waals surface area contributed by atoms with E-state index in [1.165, 1.54) is 12.0 Å². The zero-order valence-electron chi connectivity index (χ0n) is 31.7. The molecule has 5 N–H and O–H groups in total. The van der Waals surface area contributed by atoms with Gasteiger partial charge in [0.2, 0.25) is 29.5 Å². The van der Waals surface area contributed by atoms with E-state index in [0.717, 1.165) is 60.8 Å².